The predicted octanol–water partition coefficient (Wildman–Crippen LogP) is 2.54. The minimum Gasteiger partial charge on any atom is -0.317 e. The number of benzene rings is 1. The Morgan fingerprint density at radius 3 is 2.41 bits per heavy atom. The Kier molecular flexibility index (Phi) is 4.10. The highest BCUT2D eigenvalue weighted by molar-refractivity contribution is 6.39. The van der Waals surface area contributed by atoms with E-state index < -0.39 is 17.8 Å². The van der Waals surface area contributed by atoms with Gasteiger partial charge in [-0.15, -0.1) is 0 Å². The quantitative estimate of drug-likeness (QED) is 0.576. The summed E-state index contributed by atoms with van der Waals surface area (Å²) in [4.78, 5) is 42.1. The number of amides is 4. The Labute approximate surface area is 154 Å². The molecule has 4 amide bonds. The topological polar surface area (TPSA) is 84.3 Å². The smallest absolute Gasteiger partial charge is 0.317 e. The lowest BCUT2D eigenvalue weighted by molar-refractivity contribution is -0.122. The molecular weight excluding hydrogens is 344 g/mol. The van der Waals surface area contributed by atoms with E-state index in [0.717, 1.165) is 10.6 Å². The average molecular weight is 358 g/mol. The summed E-state index contributed by atoms with van der Waals surface area (Å²) in [5.74, 6) is -1.43. The molecule has 0 unspecified atom stereocenters. The van der Waals surface area contributed by atoms with E-state index in [1.807, 2.05) is 47.2 Å². The van der Waals surface area contributed by atoms with Gasteiger partial charge < -0.3 is 4.57 Å². The van der Waals surface area contributed by atoms with Gasteiger partial charge in [0.2, 0.25) is 0 Å². The number of barbiturate groups is 1. The van der Waals surface area contributed by atoms with Gasteiger partial charge in [-0.05, 0) is 42.5 Å². The summed E-state index contributed by atoms with van der Waals surface area (Å²) in [6.45, 7) is 0. The molecule has 7 heteroatoms. The third-order valence-corrected chi connectivity index (χ3v) is 4.11. The molecule has 7 nitrogen and oxygen atoms in total. The van der Waals surface area contributed by atoms with Crippen LogP contribution in [0.1, 0.15) is 5.69 Å². The molecule has 3 aromatic rings. The average Bonchev–Trinajstić information content (AvgIpc) is 3.15. The van der Waals surface area contributed by atoms with Crippen molar-refractivity contribution in [3.05, 3.63) is 84.5 Å². The second kappa shape index (κ2) is 6.72. The lowest BCUT2D eigenvalue weighted by atomic mass is 10.1. The molecule has 0 atom stereocenters. The number of pyridine rings is 1. The van der Waals surface area contributed by atoms with Gasteiger partial charge in [-0.3, -0.25) is 19.9 Å². The van der Waals surface area contributed by atoms with Crippen molar-refractivity contribution in [1.82, 2.24) is 14.9 Å². The molecule has 27 heavy (non-hydrogen) atoms. The van der Waals surface area contributed by atoms with E-state index in [1.165, 1.54) is 18.5 Å². The Morgan fingerprint density at radius 1 is 0.889 bits per heavy atom. The number of urea groups is 1. The highest BCUT2D eigenvalue weighted by Gasteiger charge is 2.37. The summed E-state index contributed by atoms with van der Waals surface area (Å²) in [5, 5.41) is 2.20. The van der Waals surface area contributed by atoms with E-state index in [2.05, 4.69) is 10.3 Å². The van der Waals surface area contributed by atoms with E-state index in [0.29, 0.717) is 5.69 Å². The summed E-state index contributed by atoms with van der Waals surface area (Å²) in [5.41, 5.74) is 1.68. The number of aromatic nitrogens is 2. The van der Waals surface area contributed by atoms with Crippen LogP contribution in [0.4, 0.5) is 10.5 Å². The molecule has 2 aromatic heterocycles. The van der Waals surface area contributed by atoms with Gasteiger partial charge in [-0.2, -0.15) is 0 Å². The largest absolute Gasteiger partial charge is 0.336 e. The monoisotopic (exact) mass is 358 g/mol. The Morgan fingerprint density at radius 2 is 1.67 bits per heavy atom. The molecule has 0 bridgehead atoms. The van der Waals surface area contributed by atoms with Crippen LogP contribution in [0.25, 0.3) is 11.8 Å². The van der Waals surface area contributed by atoms with Crippen LogP contribution in [0, 0.1) is 0 Å². The van der Waals surface area contributed by atoms with Crippen LogP contribution < -0.4 is 10.2 Å². The standard InChI is InChI=1S/C20H14N4O3/c25-18-17(12-15-9-5-11-23(15)14-6-2-1-3-7-14)19(26)24(20(27)22-18)16-8-4-10-21-13-16/h1-13H,(H,22,25,27)/b17-12-. The van der Waals surface area contributed by atoms with E-state index in [-0.39, 0.29) is 11.3 Å². The Balaban J connectivity index is 1.75. The van der Waals surface area contributed by atoms with Gasteiger partial charge in [0.15, 0.2) is 0 Å². The van der Waals surface area contributed by atoms with E-state index in [4.69, 9.17) is 0 Å². The molecule has 1 aliphatic rings. The zero-order valence-corrected chi connectivity index (χ0v) is 14.1. The van der Waals surface area contributed by atoms with Gasteiger partial charge >= 0.3 is 6.03 Å². The first kappa shape index (κ1) is 16.5. The highest BCUT2D eigenvalue weighted by Crippen LogP contribution is 2.22. The number of para-hydroxylation sites is 1. The Hall–Kier alpha value is -4.00. The molecule has 3 heterocycles. The fraction of sp³-hybridized carbons (Fsp3) is 0. The molecule has 4 rings (SSSR count). The van der Waals surface area contributed by atoms with Crippen molar-refractivity contribution in [2.75, 3.05) is 4.90 Å². The van der Waals surface area contributed by atoms with Crippen molar-refractivity contribution in [1.29, 1.82) is 0 Å². The molecule has 1 aliphatic heterocycles. The number of hydrogen-bond donors (Lipinski definition) is 1. The number of rotatable bonds is 3. The maximum Gasteiger partial charge on any atom is 0.336 e. The minimum absolute atomic E-state index is 0.130. The first-order chi connectivity index (χ1) is 13.1. The lowest BCUT2D eigenvalue weighted by Crippen LogP contribution is -2.54. The number of imide groups is 2. The highest BCUT2D eigenvalue weighted by atomic mass is 16.2. The normalized spacial score (nSPS) is 15.9. The number of nitrogens with one attached hydrogen (secondary N) is 1. The van der Waals surface area contributed by atoms with Crippen LogP contribution in [0.2, 0.25) is 0 Å². The second-order valence-corrected chi connectivity index (χ2v) is 5.81. The van der Waals surface area contributed by atoms with Crippen LogP contribution in [-0.2, 0) is 9.59 Å². The van der Waals surface area contributed by atoms with Crippen molar-refractivity contribution < 1.29 is 14.4 Å². The van der Waals surface area contributed by atoms with Gasteiger partial charge in [0, 0.05) is 23.8 Å². The summed E-state index contributed by atoms with van der Waals surface area (Å²) in [6.07, 6.45) is 6.22. The maximum atomic E-state index is 12.9. The van der Waals surface area contributed by atoms with E-state index in [1.54, 1.807) is 18.2 Å². The molecule has 1 N–H and O–H groups in total. The second-order valence-electron chi connectivity index (χ2n) is 5.81. The number of anilines is 1. The number of carbonyl (C=O) groups excluding carboxylic acids is 3. The van der Waals surface area contributed by atoms with Crippen LogP contribution in [-0.4, -0.2) is 27.4 Å². The van der Waals surface area contributed by atoms with Gasteiger partial charge in [0.1, 0.15) is 5.57 Å². The van der Waals surface area contributed by atoms with Gasteiger partial charge in [0.05, 0.1) is 11.9 Å². The fourth-order valence-electron chi connectivity index (χ4n) is 2.86. The van der Waals surface area contributed by atoms with E-state index in [9.17, 15) is 14.4 Å². The fourth-order valence-corrected chi connectivity index (χ4v) is 2.86. The zero-order valence-electron chi connectivity index (χ0n) is 14.1. The van der Waals surface area contributed by atoms with Crippen molar-refractivity contribution in [3.63, 3.8) is 0 Å². The summed E-state index contributed by atoms with van der Waals surface area (Å²) < 4.78 is 1.85. The van der Waals surface area contributed by atoms with Crippen LogP contribution in [0.15, 0.2) is 78.8 Å². The molecule has 1 fully saturated rings. The molecule has 0 radical (unpaired) electrons. The molecule has 132 valence electrons. The van der Waals surface area contributed by atoms with Crippen molar-refractivity contribution in [3.8, 4) is 5.69 Å². The number of carbonyl (C=O) groups is 3. The first-order valence-electron chi connectivity index (χ1n) is 8.19. The van der Waals surface area contributed by atoms with Gasteiger partial charge in [-0.25, -0.2) is 9.69 Å². The molecule has 0 aliphatic carbocycles. The Bertz CT molecular complexity index is 1060. The predicted molar refractivity (Wildman–Crippen MR) is 99.0 cm³/mol. The van der Waals surface area contributed by atoms with Gasteiger partial charge in [0.25, 0.3) is 11.8 Å². The maximum absolute atomic E-state index is 12.9. The molecule has 0 spiro atoms. The zero-order chi connectivity index (χ0) is 18.8. The number of hydrogen-bond acceptors (Lipinski definition) is 4. The lowest BCUT2D eigenvalue weighted by Gasteiger charge is -2.26. The van der Waals surface area contributed by atoms with Gasteiger partial charge in [-0.1, -0.05) is 18.2 Å². The van der Waals surface area contributed by atoms with Crippen molar-refractivity contribution in [2.45, 2.75) is 0 Å². The summed E-state index contributed by atoms with van der Waals surface area (Å²) >= 11 is 0. The van der Waals surface area contributed by atoms with Crippen LogP contribution in [0.5, 0.6) is 0 Å². The summed E-state index contributed by atoms with van der Waals surface area (Å²) in [6, 6.07) is 15.5. The molecule has 1 saturated heterocycles. The molecular formula is C20H14N4O3. The van der Waals surface area contributed by atoms with Crippen LogP contribution >= 0.6 is 0 Å². The third-order valence-electron chi connectivity index (χ3n) is 4.11. The first-order valence-corrected chi connectivity index (χ1v) is 8.19. The SMILES string of the molecule is O=C1NC(=O)N(c2cccnc2)C(=O)/C1=C\c1cccn1-c1ccccc1. The van der Waals surface area contributed by atoms with E-state index >= 15 is 0 Å². The van der Waals surface area contributed by atoms with Crippen LogP contribution in [0.3, 0.4) is 0 Å². The molecule has 1 aromatic carbocycles. The number of nitrogens with zero attached hydrogens (tertiary/aromatic N) is 3. The third kappa shape index (κ3) is 3.02. The van der Waals surface area contributed by atoms with Crippen molar-refractivity contribution >= 4 is 29.6 Å². The summed E-state index contributed by atoms with van der Waals surface area (Å²) in [7, 11) is 0. The minimum atomic E-state index is -0.798. The molecule has 0 saturated carbocycles. The van der Waals surface area contributed by atoms with Crippen molar-refractivity contribution in [2.24, 2.45) is 0 Å².